The van der Waals surface area contributed by atoms with Crippen molar-refractivity contribution in [3.8, 4) is 0 Å². The number of rotatable bonds is 5. The number of halogens is 1. The first kappa shape index (κ1) is 12.1. The quantitative estimate of drug-likeness (QED) is 0.487. The van der Waals surface area contributed by atoms with Crippen molar-refractivity contribution in [2.75, 3.05) is 6.61 Å². The summed E-state index contributed by atoms with van der Waals surface area (Å²) in [6, 6.07) is 0. The molecule has 13 heavy (non-hydrogen) atoms. The maximum Gasteiger partial charge on any atom is 0.348 e. The lowest BCUT2D eigenvalue weighted by molar-refractivity contribution is -0.153. The lowest BCUT2D eigenvalue weighted by atomic mass is 10.0. The Hall–Kier alpha value is -0.930. The van der Waals surface area contributed by atoms with E-state index in [1.807, 2.05) is 0 Å². The molecule has 0 aromatic heterocycles. The first-order chi connectivity index (χ1) is 6.04. The van der Waals surface area contributed by atoms with Gasteiger partial charge in [-0.3, -0.25) is 4.79 Å². The molecule has 0 heterocycles. The van der Waals surface area contributed by atoms with E-state index in [0.717, 1.165) is 0 Å². The second kappa shape index (κ2) is 5.67. The number of alkyl halides is 1. The molecule has 0 N–H and O–H groups in total. The minimum atomic E-state index is -2.12. The van der Waals surface area contributed by atoms with E-state index < -0.39 is 23.8 Å². The molecule has 0 aliphatic carbocycles. The Bertz CT molecular complexity index is 191. The number of esters is 1. The van der Waals surface area contributed by atoms with Crippen molar-refractivity contribution >= 4 is 11.8 Å². The number of carbonyl (C=O) groups excluding carboxylic acids is 2. The zero-order chi connectivity index (χ0) is 10.4. The van der Waals surface area contributed by atoms with E-state index in [-0.39, 0.29) is 6.61 Å². The second-order valence-electron chi connectivity index (χ2n) is 2.83. The van der Waals surface area contributed by atoms with Gasteiger partial charge in [0.1, 0.15) is 0 Å². The molecule has 0 amide bonds. The van der Waals surface area contributed by atoms with Crippen LogP contribution >= 0.6 is 0 Å². The molecule has 3 nitrogen and oxygen atoms in total. The van der Waals surface area contributed by atoms with Crippen LogP contribution in [0.4, 0.5) is 4.39 Å². The van der Waals surface area contributed by atoms with Gasteiger partial charge in [-0.05, 0) is 13.3 Å². The van der Waals surface area contributed by atoms with Crippen molar-refractivity contribution in [2.45, 2.75) is 33.4 Å². The summed E-state index contributed by atoms with van der Waals surface area (Å²) in [5.41, 5.74) is 0. The van der Waals surface area contributed by atoms with E-state index in [1.165, 1.54) is 0 Å². The largest absolute Gasteiger partial charge is 0.463 e. The number of ketones is 1. The summed E-state index contributed by atoms with van der Waals surface area (Å²) >= 11 is 0. The van der Waals surface area contributed by atoms with Gasteiger partial charge in [-0.1, -0.05) is 13.8 Å². The monoisotopic (exact) mass is 190 g/mol. The topological polar surface area (TPSA) is 43.4 Å². The molecule has 0 aliphatic rings. The maximum atomic E-state index is 13.0. The van der Waals surface area contributed by atoms with Crippen LogP contribution in [-0.4, -0.2) is 24.5 Å². The molecule has 2 atom stereocenters. The van der Waals surface area contributed by atoms with Crippen LogP contribution in [0.3, 0.4) is 0 Å². The zero-order valence-electron chi connectivity index (χ0n) is 8.17. The third-order valence-electron chi connectivity index (χ3n) is 1.84. The van der Waals surface area contributed by atoms with Crippen LogP contribution in [0.15, 0.2) is 0 Å². The summed E-state index contributed by atoms with van der Waals surface area (Å²) in [5.74, 6) is -2.20. The number of Topliss-reactive ketones (excluding diaryl/α,β-unsaturated/α-hetero) is 1. The molecular formula is C9H15FO3. The van der Waals surface area contributed by atoms with Crippen LogP contribution in [0.2, 0.25) is 0 Å². The van der Waals surface area contributed by atoms with Gasteiger partial charge in [-0.25, -0.2) is 9.18 Å². The Morgan fingerprint density at radius 2 is 1.92 bits per heavy atom. The maximum absolute atomic E-state index is 13.0. The average molecular weight is 190 g/mol. The molecular weight excluding hydrogens is 175 g/mol. The molecule has 4 heteroatoms. The molecule has 76 valence electrons. The van der Waals surface area contributed by atoms with E-state index in [4.69, 9.17) is 0 Å². The van der Waals surface area contributed by atoms with Gasteiger partial charge < -0.3 is 4.74 Å². The molecule has 0 spiro atoms. The fourth-order valence-electron chi connectivity index (χ4n) is 0.783. The Balaban J connectivity index is 4.16. The van der Waals surface area contributed by atoms with Gasteiger partial charge in [0, 0.05) is 5.92 Å². The molecule has 0 saturated carbocycles. The fourth-order valence-corrected chi connectivity index (χ4v) is 0.783. The highest BCUT2D eigenvalue weighted by molar-refractivity contribution is 6.02. The third kappa shape index (κ3) is 3.53. The third-order valence-corrected chi connectivity index (χ3v) is 1.84. The molecule has 0 aromatic carbocycles. The van der Waals surface area contributed by atoms with E-state index in [1.54, 1.807) is 20.8 Å². The molecule has 0 fully saturated rings. The fraction of sp³-hybridized carbons (Fsp3) is 0.778. The highest BCUT2D eigenvalue weighted by Crippen LogP contribution is 2.09. The van der Waals surface area contributed by atoms with Gasteiger partial charge >= 0.3 is 5.97 Å². The number of ether oxygens (including phenoxy) is 1. The predicted molar refractivity (Wildman–Crippen MR) is 46.0 cm³/mol. The Morgan fingerprint density at radius 1 is 1.38 bits per heavy atom. The Morgan fingerprint density at radius 3 is 2.31 bits per heavy atom. The van der Waals surface area contributed by atoms with Gasteiger partial charge in [-0.2, -0.15) is 0 Å². The number of carbonyl (C=O) groups is 2. The van der Waals surface area contributed by atoms with Gasteiger partial charge in [0.15, 0.2) is 5.78 Å². The second-order valence-corrected chi connectivity index (χ2v) is 2.83. The van der Waals surface area contributed by atoms with E-state index >= 15 is 0 Å². The van der Waals surface area contributed by atoms with Crippen molar-refractivity contribution in [1.82, 2.24) is 0 Å². The summed E-state index contributed by atoms with van der Waals surface area (Å²) < 4.78 is 17.4. The highest BCUT2D eigenvalue weighted by Gasteiger charge is 2.30. The molecule has 0 saturated heterocycles. The Kier molecular flexibility index (Phi) is 5.26. The minimum Gasteiger partial charge on any atom is -0.463 e. The summed E-state index contributed by atoms with van der Waals surface area (Å²) in [4.78, 5) is 21.9. The van der Waals surface area contributed by atoms with E-state index in [2.05, 4.69) is 4.74 Å². The normalized spacial score (nSPS) is 14.8. The first-order valence-corrected chi connectivity index (χ1v) is 4.39. The molecule has 0 aliphatic heterocycles. The summed E-state index contributed by atoms with van der Waals surface area (Å²) in [7, 11) is 0. The molecule has 2 unspecified atom stereocenters. The lowest BCUT2D eigenvalue weighted by Gasteiger charge is -2.10. The van der Waals surface area contributed by atoms with Gasteiger partial charge in [0.25, 0.3) is 6.17 Å². The van der Waals surface area contributed by atoms with Crippen molar-refractivity contribution in [2.24, 2.45) is 5.92 Å². The summed E-state index contributed by atoms with van der Waals surface area (Å²) in [6.45, 7) is 5.01. The number of hydrogen-bond donors (Lipinski definition) is 0. The van der Waals surface area contributed by atoms with Crippen LogP contribution in [0.1, 0.15) is 27.2 Å². The van der Waals surface area contributed by atoms with E-state index in [9.17, 15) is 14.0 Å². The van der Waals surface area contributed by atoms with Gasteiger partial charge in [0.05, 0.1) is 6.61 Å². The van der Waals surface area contributed by atoms with Gasteiger partial charge in [0.2, 0.25) is 0 Å². The summed E-state index contributed by atoms with van der Waals surface area (Å²) in [6.07, 6.45) is -1.59. The lowest BCUT2D eigenvalue weighted by Crippen LogP contribution is -2.31. The zero-order valence-corrected chi connectivity index (χ0v) is 8.17. The standard InChI is InChI=1S/C9H15FO3/c1-4-6(3)8(11)7(10)9(12)13-5-2/h6-7H,4-5H2,1-3H3. The van der Waals surface area contributed by atoms with Crippen molar-refractivity contribution in [3.63, 3.8) is 0 Å². The van der Waals surface area contributed by atoms with Gasteiger partial charge in [-0.15, -0.1) is 0 Å². The molecule has 0 aromatic rings. The van der Waals surface area contributed by atoms with Crippen molar-refractivity contribution in [3.05, 3.63) is 0 Å². The van der Waals surface area contributed by atoms with Crippen LogP contribution in [0, 0.1) is 5.92 Å². The smallest absolute Gasteiger partial charge is 0.348 e. The van der Waals surface area contributed by atoms with Crippen molar-refractivity contribution < 1.29 is 18.7 Å². The molecule has 0 rings (SSSR count). The Labute approximate surface area is 77.3 Å². The SMILES string of the molecule is CCOC(=O)C(F)C(=O)C(C)CC. The molecule has 0 radical (unpaired) electrons. The minimum absolute atomic E-state index is 0.0903. The highest BCUT2D eigenvalue weighted by atomic mass is 19.1. The average Bonchev–Trinajstić information content (AvgIpc) is 2.14. The van der Waals surface area contributed by atoms with Crippen LogP contribution in [0.5, 0.6) is 0 Å². The predicted octanol–water partition coefficient (Wildman–Crippen LogP) is 1.50. The van der Waals surface area contributed by atoms with Crippen LogP contribution < -0.4 is 0 Å². The van der Waals surface area contributed by atoms with Crippen molar-refractivity contribution in [1.29, 1.82) is 0 Å². The first-order valence-electron chi connectivity index (χ1n) is 4.39. The van der Waals surface area contributed by atoms with Crippen LogP contribution in [0.25, 0.3) is 0 Å². The number of hydrogen-bond acceptors (Lipinski definition) is 3. The van der Waals surface area contributed by atoms with E-state index in [0.29, 0.717) is 6.42 Å². The summed E-state index contributed by atoms with van der Waals surface area (Å²) in [5, 5.41) is 0. The van der Waals surface area contributed by atoms with Crippen LogP contribution in [-0.2, 0) is 14.3 Å². The molecule has 0 bridgehead atoms.